The van der Waals surface area contributed by atoms with E-state index in [0.29, 0.717) is 16.8 Å². The number of hydrogen-bond donors (Lipinski definition) is 1. The fraction of sp³-hybridized carbons (Fsp3) is 0.125. The second kappa shape index (κ2) is 5.00. The number of amides is 2. The molecule has 0 saturated heterocycles. The third-order valence-electron chi connectivity index (χ3n) is 3.66. The zero-order valence-corrected chi connectivity index (χ0v) is 12.9. The number of fused-ring (bicyclic) bond motifs is 1. The van der Waals surface area contributed by atoms with Crippen molar-refractivity contribution in [1.82, 2.24) is 4.90 Å². The lowest BCUT2D eigenvalue weighted by Crippen LogP contribution is -2.32. The third kappa shape index (κ3) is 2.23. The predicted molar refractivity (Wildman–Crippen MR) is 83.9 cm³/mol. The molecule has 106 valence electrons. The van der Waals surface area contributed by atoms with Crippen LogP contribution in [-0.4, -0.2) is 16.7 Å². The first-order chi connectivity index (χ1) is 9.99. The zero-order chi connectivity index (χ0) is 15.1. The van der Waals surface area contributed by atoms with Gasteiger partial charge >= 0.3 is 0 Å². The van der Waals surface area contributed by atoms with E-state index in [1.807, 2.05) is 31.2 Å². The van der Waals surface area contributed by atoms with Gasteiger partial charge in [-0.25, -0.2) is 0 Å². The number of nitrogens with two attached hydrogens (primary N) is 1. The van der Waals surface area contributed by atoms with Crippen LogP contribution in [0.2, 0.25) is 0 Å². The molecular weight excluding hydrogens is 332 g/mol. The van der Waals surface area contributed by atoms with Crippen LogP contribution < -0.4 is 5.73 Å². The molecule has 0 fully saturated rings. The molecule has 4 nitrogen and oxygen atoms in total. The Hall–Kier alpha value is -2.14. The lowest BCUT2D eigenvalue weighted by molar-refractivity contribution is 0.0595. The second-order valence-corrected chi connectivity index (χ2v) is 5.93. The molecule has 5 heteroatoms. The Labute approximate surface area is 130 Å². The van der Waals surface area contributed by atoms with Crippen molar-refractivity contribution < 1.29 is 9.59 Å². The monoisotopic (exact) mass is 344 g/mol. The van der Waals surface area contributed by atoms with Gasteiger partial charge in [0, 0.05) is 10.2 Å². The minimum Gasteiger partial charge on any atom is -0.399 e. The molecule has 1 aliphatic heterocycles. The minimum absolute atomic E-state index is 0.275. The molecular formula is C16H13BrN2O2. The molecule has 21 heavy (non-hydrogen) atoms. The highest BCUT2D eigenvalue weighted by Gasteiger charge is 2.38. The summed E-state index contributed by atoms with van der Waals surface area (Å²) in [5.41, 5.74) is 7.87. The van der Waals surface area contributed by atoms with E-state index in [1.54, 1.807) is 18.2 Å². The Balaban J connectivity index is 2.01. The van der Waals surface area contributed by atoms with Crippen LogP contribution in [0, 0.1) is 0 Å². The predicted octanol–water partition coefficient (Wildman–Crippen LogP) is 3.39. The molecule has 3 rings (SSSR count). The summed E-state index contributed by atoms with van der Waals surface area (Å²) in [6.07, 6.45) is 0. The molecule has 0 saturated carbocycles. The van der Waals surface area contributed by atoms with Crippen molar-refractivity contribution >= 4 is 33.4 Å². The first-order valence-corrected chi connectivity index (χ1v) is 7.31. The van der Waals surface area contributed by atoms with E-state index in [9.17, 15) is 9.59 Å². The molecule has 0 bridgehead atoms. The van der Waals surface area contributed by atoms with Crippen LogP contribution >= 0.6 is 15.9 Å². The molecule has 0 aromatic heterocycles. The first-order valence-electron chi connectivity index (χ1n) is 6.52. The van der Waals surface area contributed by atoms with E-state index in [-0.39, 0.29) is 17.9 Å². The minimum atomic E-state index is -0.337. The van der Waals surface area contributed by atoms with Gasteiger partial charge in [0.1, 0.15) is 0 Å². The van der Waals surface area contributed by atoms with E-state index in [0.717, 1.165) is 10.0 Å². The van der Waals surface area contributed by atoms with Gasteiger partial charge in [-0.05, 0) is 42.8 Å². The van der Waals surface area contributed by atoms with Crippen molar-refractivity contribution in [3.63, 3.8) is 0 Å². The molecule has 0 spiro atoms. The third-order valence-corrected chi connectivity index (χ3v) is 4.15. The molecule has 1 unspecified atom stereocenters. The maximum absolute atomic E-state index is 12.5. The number of carbonyl (C=O) groups is 2. The van der Waals surface area contributed by atoms with Crippen molar-refractivity contribution in [3.05, 3.63) is 63.6 Å². The number of hydrogen-bond acceptors (Lipinski definition) is 3. The molecule has 1 atom stereocenters. The van der Waals surface area contributed by atoms with Crippen molar-refractivity contribution in [2.75, 3.05) is 5.73 Å². The summed E-state index contributed by atoms with van der Waals surface area (Å²) in [5.74, 6) is -0.572. The van der Waals surface area contributed by atoms with Crippen LogP contribution in [0.1, 0.15) is 39.2 Å². The van der Waals surface area contributed by atoms with Crippen LogP contribution in [-0.2, 0) is 0 Å². The molecule has 0 radical (unpaired) electrons. The smallest absolute Gasteiger partial charge is 0.262 e. The van der Waals surface area contributed by atoms with Gasteiger partial charge < -0.3 is 5.73 Å². The van der Waals surface area contributed by atoms with Crippen LogP contribution in [0.15, 0.2) is 46.9 Å². The van der Waals surface area contributed by atoms with Gasteiger partial charge in [-0.1, -0.05) is 28.1 Å². The highest BCUT2D eigenvalue weighted by Crippen LogP contribution is 2.32. The zero-order valence-electron chi connectivity index (χ0n) is 11.3. The second-order valence-electron chi connectivity index (χ2n) is 5.02. The summed E-state index contributed by atoms with van der Waals surface area (Å²) in [4.78, 5) is 26.3. The summed E-state index contributed by atoms with van der Waals surface area (Å²) in [7, 11) is 0. The number of anilines is 1. The Bertz CT molecular complexity index is 758. The Morgan fingerprint density at radius 3 is 2.48 bits per heavy atom. The SMILES string of the molecule is CC(c1cccc(Br)c1)N1C(=O)c2ccc(N)cc2C1=O. The maximum Gasteiger partial charge on any atom is 0.262 e. The summed E-state index contributed by atoms with van der Waals surface area (Å²) < 4.78 is 0.910. The maximum atomic E-state index is 12.5. The van der Waals surface area contributed by atoms with Gasteiger partial charge in [-0.2, -0.15) is 0 Å². The normalized spacial score (nSPS) is 15.2. The van der Waals surface area contributed by atoms with Gasteiger partial charge in [0.05, 0.1) is 17.2 Å². The Kier molecular flexibility index (Phi) is 3.29. The molecule has 1 aliphatic rings. The van der Waals surface area contributed by atoms with E-state index in [1.165, 1.54) is 4.90 Å². The van der Waals surface area contributed by atoms with Crippen LogP contribution in [0.4, 0.5) is 5.69 Å². The molecule has 0 aliphatic carbocycles. The van der Waals surface area contributed by atoms with Crippen LogP contribution in [0.5, 0.6) is 0 Å². The number of rotatable bonds is 2. The largest absolute Gasteiger partial charge is 0.399 e. The summed E-state index contributed by atoms with van der Waals surface area (Å²) in [6, 6.07) is 12.1. The van der Waals surface area contributed by atoms with Crippen molar-refractivity contribution in [3.8, 4) is 0 Å². The lowest BCUT2D eigenvalue weighted by atomic mass is 10.1. The van der Waals surface area contributed by atoms with Gasteiger partial charge in [0.2, 0.25) is 0 Å². The van der Waals surface area contributed by atoms with Gasteiger partial charge in [-0.15, -0.1) is 0 Å². The molecule has 2 aromatic rings. The summed E-state index contributed by atoms with van der Waals surface area (Å²) in [5, 5.41) is 0. The Morgan fingerprint density at radius 1 is 1.05 bits per heavy atom. The van der Waals surface area contributed by atoms with E-state index >= 15 is 0 Å². The number of imide groups is 1. The highest BCUT2D eigenvalue weighted by atomic mass is 79.9. The quantitative estimate of drug-likeness (QED) is 0.670. The first kappa shape index (κ1) is 13.8. The number of carbonyl (C=O) groups excluding carboxylic acids is 2. The summed E-state index contributed by atoms with van der Waals surface area (Å²) in [6.45, 7) is 1.84. The fourth-order valence-electron chi connectivity index (χ4n) is 2.54. The van der Waals surface area contributed by atoms with Crippen molar-refractivity contribution in [1.29, 1.82) is 0 Å². The summed E-state index contributed by atoms with van der Waals surface area (Å²) >= 11 is 3.40. The average molecular weight is 345 g/mol. The van der Waals surface area contributed by atoms with Gasteiger partial charge in [0.25, 0.3) is 11.8 Å². The number of nitrogens with zero attached hydrogens (tertiary/aromatic N) is 1. The van der Waals surface area contributed by atoms with Crippen LogP contribution in [0.3, 0.4) is 0 Å². The van der Waals surface area contributed by atoms with Crippen molar-refractivity contribution in [2.45, 2.75) is 13.0 Å². The highest BCUT2D eigenvalue weighted by molar-refractivity contribution is 9.10. The molecule has 2 amide bonds. The van der Waals surface area contributed by atoms with E-state index in [2.05, 4.69) is 15.9 Å². The number of nitrogen functional groups attached to an aromatic ring is 1. The van der Waals surface area contributed by atoms with E-state index in [4.69, 9.17) is 5.73 Å². The molecule has 2 N–H and O–H groups in total. The van der Waals surface area contributed by atoms with Gasteiger partial charge in [0.15, 0.2) is 0 Å². The average Bonchev–Trinajstić information content (AvgIpc) is 2.70. The lowest BCUT2D eigenvalue weighted by Gasteiger charge is -2.23. The standard InChI is InChI=1S/C16H13BrN2O2/c1-9(10-3-2-4-11(17)7-10)19-15(20)13-6-5-12(18)8-14(13)16(19)21/h2-9H,18H2,1H3. The number of halogens is 1. The molecule has 1 heterocycles. The molecule has 2 aromatic carbocycles. The van der Waals surface area contributed by atoms with Crippen molar-refractivity contribution in [2.24, 2.45) is 0 Å². The van der Waals surface area contributed by atoms with Crippen LogP contribution in [0.25, 0.3) is 0 Å². The fourth-order valence-corrected chi connectivity index (χ4v) is 2.96. The van der Waals surface area contributed by atoms with E-state index < -0.39 is 0 Å². The number of benzene rings is 2. The van der Waals surface area contributed by atoms with Gasteiger partial charge in [-0.3, -0.25) is 14.5 Å². The Morgan fingerprint density at radius 2 is 1.76 bits per heavy atom. The topological polar surface area (TPSA) is 63.4 Å².